The number of hydrogen-bond donors (Lipinski definition) is 1. The molecule has 0 saturated carbocycles. The van der Waals surface area contributed by atoms with Crippen molar-refractivity contribution in [3.8, 4) is 0 Å². The molecular weight excluding hydrogens is 409 g/mol. The molecule has 26 heavy (non-hydrogen) atoms. The molecule has 0 fully saturated rings. The van der Waals surface area contributed by atoms with Gasteiger partial charge in [-0.25, -0.2) is 4.98 Å². The second kappa shape index (κ2) is 7.84. The second-order valence-corrected chi connectivity index (χ2v) is 8.51. The van der Waals surface area contributed by atoms with Crippen LogP contribution in [0.3, 0.4) is 0 Å². The minimum atomic E-state index is 0.539. The molecule has 0 bridgehead atoms. The summed E-state index contributed by atoms with van der Waals surface area (Å²) < 4.78 is 2.73. The summed E-state index contributed by atoms with van der Waals surface area (Å²) in [5, 5.41) is 13.6. The first-order valence-electron chi connectivity index (χ1n) is 7.74. The summed E-state index contributed by atoms with van der Waals surface area (Å²) in [4.78, 5) is 4.54. The molecule has 0 atom stereocenters. The van der Waals surface area contributed by atoms with Crippen LogP contribution in [0.1, 0.15) is 11.3 Å². The number of rotatable bonds is 6. The Balaban J connectivity index is 1.38. The van der Waals surface area contributed by atoms with Gasteiger partial charge in [0.05, 0.1) is 15.7 Å². The lowest BCUT2D eigenvalue weighted by Crippen LogP contribution is -1.98. The van der Waals surface area contributed by atoms with Gasteiger partial charge in [-0.1, -0.05) is 76.6 Å². The van der Waals surface area contributed by atoms with Crippen molar-refractivity contribution in [1.29, 1.82) is 0 Å². The summed E-state index contributed by atoms with van der Waals surface area (Å²) in [6.45, 7) is 0.728. The summed E-state index contributed by atoms with van der Waals surface area (Å²) in [5.41, 5.74) is 2.82. The van der Waals surface area contributed by atoms with Crippen LogP contribution in [-0.2, 0) is 12.3 Å². The zero-order chi connectivity index (χ0) is 17.9. The zero-order valence-corrected chi connectivity index (χ0v) is 16.5. The quantitative estimate of drug-likeness (QED) is 0.422. The third-order valence-corrected chi connectivity index (χ3v) is 6.09. The fourth-order valence-corrected chi connectivity index (χ4v) is 4.55. The van der Waals surface area contributed by atoms with E-state index in [1.54, 1.807) is 24.0 Å². The number of aromatic nitrogens is 4. The maximum absolute atomic E-state index is 6.18. The first-order valence-corrected chi connectivity index (χ1v) is 10.3. The SMILES string of the molecule is Clc1cc(Cl)c2nc(CSc3nnc(NCc4ccccc4)s3)cn2c1. The van der Waals surface area contributed by atoms with Crippen LogP contribution in [0.15, 0.2) is 53.1 Å². The van der Waals surface area contributed by atoms with Crippen molar-refractivity contribution in [3.63, 3.8) is 0 Å². The van der Waals surface area contributed by atoms with Gasteiger partial charge in [-0.3, -0.25) is 0 Å². The van der Waals surface area contributed by atoms with Gasteiger partial charge in [0.1, 0.15) is 0 Å². The molecule has 0 unspecified atom stereocenters. The first-order chi connectivity index (χ1) is 12.7. The van der Waals surface area contributed by atoms with E-state index in [2.05, 4.69) is 32.6 Å². The summed E-state index contributed by atoms with van der Waals surface area (Å²) in [6, 6.07) is 11.9. The van der Waals surface area contributed by atoms with Gasteiger partial charge in [0.25, 0.3) is 0 Å². The molecule has 0 aliphatic carbocycles. The Kier molecular flexibility index (Phi) is 5.31. The van der Waals surface area contributed by atoms with E-state index in [1.807, 2.05) is 28.8 Å². The smallest absolute Gasteiger partial charge is 0.206 e. The number of nitrogens with one attached hydrogen (secondary N) is 1. The molecule has 0 saturated heterocycles. The van der Waals surface area contributed by atoms with Gasteiger partial charge < -0.3 is 9.72 Å². The van der Waals surface area contributed by atoms with Crippen molar-refractivity contribution in [1.82, 2.24) is 19.6 Å². The number of pyridine rings is 1. The van der Waals surface area contributed by atoms with Gasteiger partial charge in [-0.05, 0) is 11.6 Å². The molecule has 132 valence electrons. The molecule has 0 aliphatic heterocycles. The molecule has 1 N–H and O–H groups in total. The molecule has 0 aliphatic rings. The molecule has 0 amide bonds. The van der Waals surface area contributed by atoms with Crippen LogP contribution in [0, 0.1) is 0 Å². The number of benzene rings is 1. The zero-order valence-electron chi connectivity index (χ0n) is 13.4. The Hall–Kier alpha value is -1.80. The second-order valence-electron chi connectivity index (χ2n) is 5.47. The Morgan fingerprint density at radius 2 is 1.96 bits per heavy atom. The van der Waals surface area contributed by atoms with Crippen LogP contribution >= 0.6 is 46.3 Å². The monoisotopic (exact) mass is 421 g/mol. The van der Waals surface area contributed by atoms with Crippen molar-refractivity contribution in [2.75, 3.05) is 5.32 Å². The molecular formula is C17H13Cl2N5S2. The van der Waals surface area contributed by atoms with E-state index in [1.165, 1.54) is 16.9 Å². The number of hydrogen-bond acceptors (Lipinski definition) is 6. The topological polar surface area (TPSA) is 55.1 Å². The minimum absolute atomic E-state index is 0.539. The number of fused-ring (bicyclic) bond motifs is 1. The third-order valence-electron chi connectivity index (χ3n) is 3.56. The number of halogens is 2. The molecule has 4 aromatic rings. The largest absolute Gasteiger partial charge is 0.356 e. The van der Waals surface area contributed by atoms with E-state index in [4.69, 9.17) is 23.2 Å². The van der Waals surface area contributed by atoms with Crippen molar-refractivity contribution in [2.45, 2.75) is 16.6 Å². The highest BCUT2D eigenvalue weighted by molar-refractivity contribution is 8.00. The molecule has 5 nitrogen and oxygen atoms in total. The highest BCUT2D eigenvalue weighted by Crippen LogP contribution is 2.29. The number of nitrogens with zero attached hydrogens (tertiary/aromatic N) is 4. The molecule has 4 rings (SSSR count). The van der Waals surface area contributed by atoms with E-state index >= 15 is 0 Å². The van der Waals surface area contributed by atoms with Crippen LogP contribution in [0.5, 0.6) is 0 Å². The fraction of sp³-hybridized carbons (Fsp3) is 0.118. The van der Waals surface area contributed by atoms with Crippen LogP contribution in [-0.4, -0.2) is 19.6 Å². The fourth-order valence-electron chi connectivity index (χ4n) is 2.39. The summed E-state index contributed by atoms with van der Waals surface area (Å²) >= 11 is 15.3. The van der Waals surface area contributed by atoms with Crippen molar-refractivity contribution >= 4 is 57.1 Å². The molecule has 0 spiro atoms. The standard InChI is InChI=1S/C17H13Cl2N5S2/c18-12-6-14(19)15-21-13(9-24(15)8-12)10-25-17-23-22-16(26-17)20-7-11-4-2-1-3-5-11/h1-6,8-9H,7,10H2,(H,20,22). The highest BCUT2D eigenvalue weighted by Gasteiger charge is 2.09. The van der Waals surface area contributed by atoms with Crippen molar-refractivity contribution in [3.05, 3.63) is 70.1 Å². The van der Waals surface area contributed by atoms with E-state index in [9.17, 15) is 0 Å². The minimum Gasteiger partial charge on any atom is -0.356 e. The number of thioether (sulfide) groups is 1. The van der Waals surface area contributed by atoms with E-state index in [-0.39, 0.29) is 0 Å². The number of anilines is 1. The Labute approximate surface area is 168 Å². The molecule has 3 aromatic heterocycles. The van der Waals surface area contributed by atoms with Gasteiger partial charge in [0.2, 0.25) is 5.13 Å². The molecule has 9 heteroatoms. The van der Waals surface area contributed by atoms with Gasteiger partial charge >= 0.3 is 0 Å². The summed E-state index contributed by atoms with van der Waals surface area (Å²) in [6.07, 6.45) is 3.72. The van der Waals surface area contributed by atoms with Gasteiger partial charge in [0, 0.05) is 24.7 Å². The molecule has 3 heterocycles. The van der Waals surface area contributed by atoms with Crippen molar-refractivity contribution < 1.29 is 0 Å². The highest BCUT2D eigenvalue weighted by atomic mass is 35.5. The average molecular weight is 422 g/mol. The molecule has 0 radical (unpaired) electrons. The van der Waals surface area contributed by atoms with Gasteiger partial charge in [0.15, 0.2) is 9.99 Å². The maximum atomic E-state index is 6.18. The van der Waals surface area contributed by atoms with Gasteiger partial charge in [-0.15, -0.1) is 10.2 Å². The lowest BCUT2D eigenvalue weighted by molar-refractivity contribution is 0.994. The van der Waals surface area contributed by atoms with Crippen LogP contribution in [0.4, 0.5) is 5.13 Å². The van der Waals surface area contributed by atoms with Crippen LogP contribution in [0.2, 0.25) is 10.0 Å². The summed E-state index contributed by atoms with van der Waals surface area (Å²) in [5.74, 6) is 0.683. The third kappa shape index (κ3) is 4.12. The maximum Gasteiger partial charge on any atom is 0.206 e. The first kappa shape index (κ1) is 17.6. The normalized spacial score (nSPS) is 11.2. The van der Waals surface area contributed by atoms with E-state index < -0.39 is 0 Å². The molecule has 1 aromatic carbocycles. The van der Waals surface area contributed by atoms with E-state index in [0.717, 1.165) is 21.7 Å². The number of imidazole rings is 1. The Bertz CT molecular complexity index is 1030. The van der Waals surface area contributed by atoms with Crippen molar-refractivity contribution in [2.24, 2.45) is 0 Å². The van der Waals surface area contributed by atoms with E-state index in [0.29, 0.717) is 21.4 Å². The lowest BCUT2D eigenvalue weighted by Gasteiger charge is -2.00. The predicted octanol–water partition coefficient (Wildman–Crippen LogP) is 5.40. The lowest BCUT2D eigenvalue weighted by atomic mass is 10.2. The summed E-state index contributed by atoms with van der Waals surface area (Å²) in [7, 11) is 0. The predicted molar refractivity (Wildman–Crippen MR) is 108 cm³/mol. The Morgan fingerprint density at radius 1 is 1.12 bits per heavy atom. The van der Waals surface area contributed by atoms with Gasteiger partial charge in [-0.2, -0.15) is 0 Å². The Morgan fingerprint density at radius 3 is 2.81 bits per heavy atom. The van der Waals surface area contributed by atoms with Crippen LogP contribution < -0.4 is 5.32 Å². The average Bonchev–Trinajstić information content (AvgIpc) is 3.25. The van der Waals surface area contributed by atoms with Crippen LogP contribution in [0.25, 0.3) is 5.65 Å².